The van der Waals surface area contributed by atoms with Crippen molar-refractivity contribution in [2.24, 2.45) is 5.92 Å². The number of carbonyl (C=O) groups excluding carboxylic acids is 1. The highest BCUT2D eigenvalue weighted by Crippen LogP contribution is 2.09. The van der Waals surface area contributed by atoms with Crippen molar-refractivity contribution in [2.45, 2.75) is 32.6 Å². The number of hydrogen-bond acceptors (Lipinski definition) is 3. The molecule has 0 aliphatic carbocycles. The highest BCUT2D eigenvalue weighted by atomic mass is 16.1. The monoisotopic (exact) mass is 168 g/mol. The zero-order chi connectivity index (χ0) is 9.40. The van der Waals surface area contributed by atoms with Gasteiger partial charge >= 0.3 is 0 Å². The molecule has 1 atom stereocenters. The van der Waals surface area contributed by atoms with Gasteiger partial charge in [0.2, 0.25) is 0 Å². The molecule has 0 aromatic heterocycles. The zero-order valence-corrected chi connectivity index (χ0v) is 7.47. The van der Waals surface area contributed by atoms with Crippen molar-refractivity contribution in [3.05, 3.63) is 0 Å². The second kappa shape index (κ2) is 6.70. The molecule has 0 fully saturated rings. The fraction of sp³-hybridized carbons (Fsp3) is 0.667. The minimum Gasteiger partial charge on any atom is -0.313 e. The molecule has 0 aromatic rings. The van der Waals surface area contributed by atoms with Crippen LogP contribution in [0.3, 0.4) is 0 Å². The summed E-state index contributed by atoms with van der Waals surface area (Å²) in [6, 6.07) is 0. The van der Waals surface area contributed by atoms with Crippen LogP contribution in [0.4, 0.5) is 0 Å². The number of rotatable bonds is 7. The van der Waals surface area contributed by atoms with Crippen LogP contribution in [-0.4, -0.2) is 18.2 Å². The Morgan fingerprint density at radius 2 is 2.25 bits per heavy atom. The van der Waals surface area contributed by atoms with Crippen molar-refractivity contribution in [1.29, 1.82) is 10.8 Å². The SMILES string of the molecule is CCCC(C=O)CC(=N)CC=N. The summed E-state index contributed by atoms with van der Waals surface area (Å²) in [5.74, 6) is -0.0116. The lowest BCUT2D eigenvalue weighted by molar-refractivity contribution is -0.111. The van der Waals surface area contributed by atoms with Crippen LogP contribution < -0.4 is 0 Å². The standard InChI is InChI=1S/C9H16N2O/c1-2-3-8(7-12)6-9(11)4-5-10/h5,7-8,10-11H,2-4,6H2,1H3. The second-order valence-corrected chi connectivity index (χ2v) is 2.90. The summed E-state index contributed by atoms with van der Waals surface area (Å²) in [6.45, 7) is 2.02. The van der Waals surface area contributed by atoms with Crippen LogP contribution in [0.5, 0.6) is 0 Å². The molecule has 3 heteroatoms. The van der Waals surface area contributed by atoms with Crippen molar-refractivity contribution in [3.8, 4) is 0 Å². The van der Waals surface area contributed by atoms with Gasteiger partial charge in [-0.1, -0.05) is 13.3 Å². The first-order chi connectivity index (χ1) is 5.74. The van der Waals surface area contributed by atoms with Crippen LogP contribution >= 0.6 is 0 Å². The highest BCUT2D eigenvalue weighted by molar-refractivity contribution is 5.93. The van der Waals surface area contributed by atoms with E-state index in [1.165, 1.54) is 6.21 Å². The summed E-state index contributed by atoms with van der Waals surface area (Å²) >= 11 is 0. The predicted molar refractivity (Wildman–Crippen MR) is 50.2 cm³/mol. The van der Waals surface area contributed by atoms with Gasteiger partial charge in [-0.25, -0.2) is 0 Å². The number of hydrogen-bond donors (Lipinski definition) is 2. The van der Waals surface area contributed by atoms with Gasteiger partial charge in [-0.05, 0) is 12.8 Å². The first-order valence-electron chi connectivity index (χ1n) is 4.25. The third kappa shape index (κ3) is 4.77. The molecule has 0 saturated carbocycles. The first-order valence-corrected chi connectivity index (χ1v) is 4.25. The second-order valence-electron chi connectivity index (χ2n) is 2.90. The summed E-state index contributed by atoms with van der Waals surface area (Å²) in [6.07, 6.45) is 4.85. The Morgan fingerprint density at radius 3 is 2.67 bits per heavy atom. The van der Waals surface area contributed by atoms with Gasteiger partial charge in [0.15, 0.2) is 0 Å². The van der Waals surface area contributed by atoms with Gasteiger partial charge in [0, 0.05) is 24.3 Å². The van der Waals surface area contributed by atoms with Gasteiger partial charge in [0.05, 0.1) is 0 Å². The van der Waals surface area contributed by atoms with Gasteiger partial charge in [-0.2, -0.15) is 0 Å². The van der Waals surface area contributed by atoms with E-state index in [4.69, 9.17) is 10.8 Å². The van der Waals surface area contributed by atoms with E-state index in [1.807, 2.05) is 6.92 Å². The molecule has 0 rings (SSSR count). The Bertz CT molecular complexity index is 166. The Balaban J connectivity index is 3.75. The molecule has 0 heterocycles. The minimum atomic E-state index is -0.0116. The van der Waals surface area contributed by atoms with Crippen molar-refractivity contribution in [1.82, 2.24) is 0 Å². The van der Waals surface area contributed by atoms with Crippen molar-refractivity contribution >= 4 is 18.2 Å². The molecule has 0 aromatic carbocycles. The van der Waals surface area contributed by atoms with Gasteiger partial charge in [-0.3, -0.25) is 0 Å². The van der Waals surface area contributed by atoms with E-state index >= 15 is 0 Å². The summed E-state index contributed by atoms with van der Waals surface area (Å²) < 4.78 is 0. The number of carbonyl (C=O) groups is 1. The van der Waals surface area contributed by atoms with Crippen LogP contribution in [0, 0.1) is 16.7 Å². The highest BCUT2D eigenvalue weighted by Gasteiger charge is 2.08. The Labute approximate surface area is 73.2 Å². The molecule has 0 spiro atoms. The Morgan fingerprint density at radius 1 is 1.58 bits per heavy atom. The van der Waals surface area contributed by atoms with Crippen LogP contribution in [-0.2, 0) is 4.79 Å². The molecule has 0 aliphatic heterocycles. The quantitative estimate of drug-likeness (QED) is 0.443. The molecule has 2 N–H and O–H groups in total. The third-order valence-corrected chi connectivity index (χ3v) is 1.71. The minimum absolute atomic E-state index is 0.0116. The molecule has 0 bridgehead atoms. The molecule has 0 saturated heterocycles. The zero-order valence-electron chi connectivity index (χ0n) is 7.47. The van der Waals surface area contributed by atoms with E-state index in [1.54, 1.807) is 0 Å². The summed E-state index contributed by atoms with van der Waals surface area (Å²) in [4.78, 5) is 10.5. The maximum absolute atomic E-state index is 10.5. The molecule has 3 nitrogen and oxygen atoms in total. The fourth-order valence-electron chi connectivity index (χ4n) is 1.11. The van der Waals surface area contributed by atoms with E-state index < -0.39 is 0 Å². The molecular weight excluding hydrogens is 152 g/mol. The maximum atomic E-state index is 10.5. The van der Waals surface area contributed by atoms with Crippen LogP contribution in [0.15, 0.2) is 0 Å². The normalized spacial score (nSPS) is 12.1. The lowest BCUT2D eigenvalue weighted by Gasteiger charge is -2.07. The maximum Gasteiger partial charge on any atom is 0.123 e. The van der Waals surface area contributed by atoms with E-state index in [2.05, 4.69) is 0 Å². The summed E-state index contributed by atoms with van der Waals surface area (Å²) in [7, 11) is 0. The summed E-state index contributed by atoms with van der Waals surface area (Å²) in [5, 5.41) is 14.2. The number of nitrogens with one attached hydrogen (secondary N) is 2. The van der Waals surface area contributed by atoms with E-state index in [-0.39, 0.29) is 5.92 Å². The van der Waals surface area contributed by atoms with Gasteiger partial charge < -0.3 is 15.6 Å². The van der Waals surface area contributed by atoms with Crippen molar-refractivity contribution in [3.63, 3.8) is 0 Å². The van der Waals surface area contributed by atoms with Gasteiger partial charge in [0.25, 0.3) is 0 Å². The largest absolute Gasteiger partial charge is 0.313 e. The molecule has 0 aliphatic rings. The number of aldehydes is 1. The van der Waals surface area contributed by atoms with Crippen molar-refractivity contribution in [2.75, 3.05) is 0 Å². The van der Waals surface area contributed by atoms with Crippen LogP contribution in [0.1, 0.15) is 32.6 Å². The topological polar surface area (TPSA) is 64.8 Å². The van der Waals surface area contributed by atoms with Crippen LogP contribution in [0.2, 0.25) is 0 Å². The van der Waals surface area contributed by atoms with E-state index in [0.717, 1.165) is 19.1 Å². The van der Waals surface area contributed by atoms with Crippen LogP contribution in [0.25, 0.3) is 0 Å². The van der Waals surface area contributed by atoms with Gasteiger partial charge in [-0.15, -0.1) is 0 Å². The van der Waals surface area contributed by atoms with E-state index in [9.17, 15) is 4.79 Å². The van der Waals surface area contributed by atoms with Crippen molar-refractivity contribution < 1.29 is 4.79 Å². The van der Waals surface area contributed by atoms with E-state index in [0.29, 0.717) is 18.6 Å². The molecule has 68 valence electrons. The Hall–Kier alpha value is -0.990. The third-order valence-electron chi connectivity index (χ3n) is 1.71. The fourth-order valence-corrected chi connectivity index (χ4v) is 1.11. The molecule has 1 unspecified atom stereocenters. The molecule has 0 amide bonds. The lowest BCUT2D eigenvalue weighted by atomic mass is 9.97. The smallest absolute Gasteiger partial charge is 0.123 e. The average molecular weight is 168 g/mol. The molecule has 12 heavy (non-hydrogen) atoms. The predicted octanol–water partition coefficient (Wildman–Crippen LogP) is 2.05. The average Bonchev–Trinajstić information content (AvgIpc) is 2.04. The Kier molecular flexibility index (Phi) is 6.15. The molecular formula is C9H16N2O. The first kappa shape index (κ1) is 11.0. The molecule has 0 radical (unpaired) electrons. The van der Waals surface area contributed by atoms with Gasteiger partial charge in [0.1, 0.15) is 6.29 Å². The summed E-state index contributed by atoms with van der Waals surface area (Å²) in [5.41, 5.74) is 0.482. The lowest BCUT2D eigenvalue weighted by Crippen LogP contribution is -2.09.